The highest BCUT2D eigenvalue weighted by atomic mass is 19.4. The summed E-state index contributed by atoms with van der Waals surface area (Å²) in [5.41, 5.74) is -2.99. The van der Waals surface area contributed by atoms with E-state index in [-0.39, 0.29) is 19.2 Å². The number of nitrogens with zero attached hydrogens (tertiary/aromatic N) is 1. The lowest BCUT2D eigenvalue weighted by Gasteiger charge is -2.39. The van der Waals surface area contributed by atoms with Crippen molar-refractivity contribution >= 4 is 17.7 Å². The Labute approximate surface area is 214 Å². The van der Waals surface area contributed by atoms with Crippen LogP contribution in [0.2, 0.25) is 0 Å². The molecule has 0 radical (unpaired) electrons. The molecule has 0 bridgehead atoms. The second-order valence-corrected chi connectivity index (χ2v) is 8.62. The van der Waals surface area contributed by atoms with Gasteiger partial charge in [-0.1, -0.05) is 0 Å². The van der Waals surface area contributed by atoms with Crippen molar-refractivity contribution in [2.45, 2.75) is 44.6 Å². The summed E-state index contributed by atoms with van der Waals surface area (Å²) in [4.78, 5) is 26.9. The van der Waals surface area contributed by atoms with E-state index in [0.29, 0.717) is 41.3 Å². The van der Waals surface area contributed by atoms with Crippen LogP contribution in [0.25, 0.3) is 0 Å². The highest BCUT2D eigenvalue weighted by Crippen LogP contribution is 2.44. The first-order valence-electron chi connectivity index (χ1n) is 11.5. The third kappa shape index (κ3) is 6.08. The zero-order valence-corrected chi connectivity index (χ0v) is 20.9. The summed E-state index contributed by atoms with van der Waals surface area (Å²) < 4.78 is 95.1. The maximum atomic E-state index is 13.2. The van der Waals surface area contributed by atoms with Gasteiger partial charge in [-0.2, -0.15) is 26.3 Å². The molecule has 0 fully saturated rings. The number of ether oxygens (including phenoxy) is 3. The number of hydrogen-bond acceptors (Lipinski definition) is 5. The van der Waals surface area contributed by atoms with Gasteiger partial charge in [0.25, 0.3) is 5.91 Å². The summed E-state index contributed by atoms with van der Waals surface area (Å²) in [5, 5.41) is 2.44. The number of alkyl halides is 6. The molecule has 2 aromatic carbocycles. The summed E-state index contributed by atoms with van der Waals surface area (Å²) in [6.07, 6.45) is -10.5. The molecule has 2 atom stereocenters. The van der Waals surface area contributed by atoms with Crippen LogP contribution in [0.5, 0.6) is 11.5 Å². The number of anilines is 1. The molecule has 2 unspecified atom stereocenters. The Morgan fingerprint density at radius 1 is 0.947 bits per heavy atom. The van der Waals surface area contributed by atoms with Crippen molar-refractivity contribution in [3.8, 4) is 11.5 Å². The number of fused-ring (bicyclic) bond motifs is 1. The van der Waals surface area contributed by atoms with Crippen molar-refractivity contribution in [3.05, 3.63) is 52.6 Å². The van der Waals surface area contributed by atoms with Gasteiger partial charge in [0.2, 0.25) is 0 Å². The van der Waals surface area contributed by atoms with Gasteiger partial charge < -0.3 is 19.5 Å². The number of carbonyl (C=O) groups excluding carboxylic acids is 2. The van der Waals surface area contributed by atoms with Crippen LogP contribution in [0.4, 0.5) is 36.8 Å². The Morgan fingerprint density at radius 3 is 2.00 bits per heavy atom. The molecular formula is C25H26F6N2O5. The largest absolute Gasteiger partial charge is 0.493 e. The van der Waals surface area contributed by atoms with E-state index in [1.807, 2.05) is 0 Å². The molecule has 38 heavy (non-hydrogen) atoms. The smallest absolute Gasteiger partial charge is 0.416 e. The van der Waals surface area contributed by atoms with Gasteiger partial charge >= 0.3 is 18.4 Å². The van der Waals surface area contributed by atoms with Crippen LogP contribution in [-0.2, 0) is 17.1 Å². The zero-order valence-electron chi connectivity index (χ0n) is 20.9. The van der Waals surface area contributed by atoms with E-state index in [9.17, 15) is 35.9 Å². The van der Waals surface area contributed by atoms with Crippen molar-refractivity contribution in [1.29, 1.82) is 0 Å². The Morgan fingerprint density at radius 2 is 1.50 bits per heavy atom. The molecule has 3 rings (SSSR count). The lowest BCUT2D eigenvalue weighted by molar-refractivity contribution is -0.143. The van der Waals surface area contributed by atoms with Gasteiger partial charge in [0.05, 0.1) is 37.6 Å². The zero-order chi connectivity index (χ0) is 28.4. The fourth-order valence-corrected chi connectivity index (χ4v) is 4.37. The molecule has 0 saturated carbocycles. The Balaban J connectivity index is 1.96. The number of halogens is 6. The molecule has 1 N–H and O–H groups in total. The standard InChI is InChI=1S/C25H26F6N2O5/c1-5-38-23(35)33-13(2)6-15(18-10-20(36-3)21(37-4)11-19(18)33)12-32-22(34)14-7-16(24(26,27)28)9-17(8-14)25(29,30)31/h7-11,13,15H,5-6,12H2,1-4H3,(H,32,34). The molecule has 0 saturated heterocycles. The van der Waals surface area contributed by atoms with Gasteiger partial charge in [-0.25, -0.2) is 4.79 Å². The molecule has 2 amide bonds. The minimum Gasteiger partial charge on any atom is -0.493 e. The first-order valence-corrected chi connectivity index (χ1v) is 11.5. The third-order valence-electron chi connectivity index (χ3n) is 6.12. The van der Waals surface area contributed by atoms with E-state index >= 15 is 0 Å². The molecule has 0 spiro atoms. The van der Waals surface area contributed by atoms with Crippen LogP contribution in [0, 0.1) is 0 Å². The van der Waals surface area contributed by atoms with E-state index in [4.69, 9.17) is 14.2 Å². The van der Waals surface area contributed by atoms with Gasteiger partial charge in [0.15, 0.2) is 11.5 Å². The van der Waals surface area contributed by atoms with Gasteiger partial charge in [0, 0.05) is 30.1 Å². The summed E-state index contributed by atoms with van der Waals surface area (Å²) in [7, 11) is 2.81. The third-order valence-corrected chi connectivity index (χ3v) is 6.12. The molecule has 1 aliphatic heterocycles. The summed E-state index contributed by atoms with van der Waals surface area (Å²) >= 11 is 0. The predicted molar refractivity (Wildman–Crippen MR) is 125 cm³/mol. The summed E-state index contributed by atoms with van der Waals surface area (Å²) in [5.74, 6) is -0.930. The van der Waals surface area contributed by atoms with Crippen LogP contribution in [0.15, 0.2) is 30.3 Å². The topological polar surface area (TPSA) is 77.1 Å². The van der Waals surface area contributed by atoms with E-state index in [0.717, 1.165) is 0 Å². The average molecular weight is 548 g/mol. The highest BCUT2D eigenvalue weighted by molar-refractivity contribution is 5.95. The number of methoxy groups -OCH3 is 2. The van der Waals surface area contributed by atoms with Crippen LogP contribution in [-0.4, -0.2) is 45.4 Å². The lowest BCUT2D eigenvalue weighted by Crippen LogP contribution is -2.45. The quantitative estimate of drug-likeness (QED) is 0.448. The monoisotopic (exact) mass is 548 g/mol. The van der Waals surface area contributed by atoms with Gasteiger partial charge in [-0.15, -0.1) is 0 Å². The molecule has 0 aliphatic carbocycles. The van der Waals surface area contributed by atoms with Gasteiger partial charge in [0.1, 0.15) is 0 Å². The maximum absolute atomic E-state index is 13.2. The molecule has 7 nitrogen and oxygen atoms in total. The molecular weight excluding hydrogens is 522 g/mol. The Bertz CT molecular complexity index is 1170. The number of nitrogens with one attached hydrogen (secondary N) is 1. The highest BCUT2D eigenvalue weighted by Gasteiger charge is 2.39. The summed E-state index contributed by atoms with van der Waals surface area (Å²) in [6.45, 7) is 3.38. The van der Waals surface area contributed by atoms with E-state index in [1.54, 1.807) is 26.0 Å². The number of hydrogen-bond donors (Lipinski definition) is 1. The fraction of sp³-hybridized carbons (Fsp3) is 0.440. The van der Waals surface area contributed by atoms with Crippen LogP contribution >= 0.6 is 0 Å². The van der Waals surface area contributed by atoms with Crippen LogP contribution in [0.1, 0.15) is 53.2 Å². The van der Waals surface area contributed by atoms with Crippen molar-refractivity contribution in [3.63, 3.8) is 0 Å². The lowest BCUT2D eigenvalue weighted by atomic mass is 9.85. The van der Waals surface area contributed by atoms with Gasteiger partial charge in [-0.05, 0) is 50.1 Å². The second-order valence-electron chi connectivity index (χ2n) is 8.62. The Kier molecular flexibility index (Phi) is 8.37. The number of rotatable bonds is 6. The molecule has 1 heterocycles. The number of carbonyl (C=O) groups is 2. The van der Waals surface area contributed by atoms with E-state index in [2.05, 4.69) is 5.32 Å². The SMILES string of the molecule is CCOC(=O)N1c2cc(OC)c(OC)cc2C(CNC(=O)c2cc(C(F)(F)F)cc(C(F)(F)F)c2)CC1C. The molecule has 1 aliphatic rings. The minimum atomic E-state index is -5.08. The average Bonchev–Trinajstić information content (AvgIpc) is 2.84. The number of amides is 2. The first-order chi connectivity index (χ1) is 17.7. The number of benzene rings is 2. The Hall–Kier alpha value is -3.64. The van der Waals surface area contributed by atoms with E-state index < -0.39 is 53.0 Å². The van der Waals surface area contributed by atoms with Crippen LogP contribution in [0.3, 0.4) is 0 Å². The second kappa shape index (κ2) is 11.0. The molecule has 2 aromatic rings. The normalized spacial score (nSPS) is 17.5. The van der Waals surface area contributed by atoms with Crippen molar-refractivity contribution < 1.29 is 50.1 Å². The summed E-state index contributed by atoms with van der Waals surface area (Å²) in [6, 6.07) is 3.45. The van der Waals surface area contributed by atoms with Crippen molar-refractivity contribution in [2.75, 3.05) is 32.3 Å². The maximum Gasteiger partial charge on any atom is 0.416 e. The van der Waals surface area contributed by atoms with Crippen molar-refractivity contribution in [2.24, 2.45) is 0 Å². The van der Waals surface area contributed by atoms with Crippen LogP contribution < -0.4 is 19.7 Å². The van der Waals surface area contributed by atoms with Gasteiger partial charge in [-0.3, -0.25) is 9.69 Å². The van der Waals surface area contributed by atoms with Crippen molar-refractivity contribution in [1.82, 2.24) is 5.32 Å². The fourth-order valence-electron chi connectivity index (χ4n) is 4.37. The molecule has 0 aromatic heterocycles. The predicted octanol–water partition coefficient (Wildman–Crippen LogP) is 6.01. The molecule has 208 valence electrons. The van der Waals surface area contributed by atoms with E-state index in [1.165, 1.54) is 19.1 Å². The minimum absolute atomic E-state index is 0.0422. The molecule has 13 heteroatoms. The first kappa shape index (κ1) is 28.9.